The van der Waals surface area contributed by atoms with Gasteiger partial charge in [0.2, 0.25) is 5.95 Å². The minimum Gasteiger partial charge on any atom is -0.366 e. The van der Waals surface area contributed by atoms with E-state index in [9.17, 15) is 0 Å². The molecule has 0 saturated heterocycles. The standard InChI is InChI=1S/C17H16ClN5/c18-15-6-2-1-5-14(15)12-22-17-20-9-7-16(23-17)21-11-13-4-3-8-19-10-13/h1-10H,11-12H2,(H2,20,21,22,23). The van der Waals surface area contributed by atoms with Crippen LogP contribution in [0.5, 0.6) is 0 Å². The number of anilines is 2. The fraction of sp³-hybridized carbons (Fsp3) is 0.118. The van der Waals surface area contributed by atoms with Gasteiger partial charge in [-0.25, -0.2) is 4.98 Å². The molecular formula is C17H16ClN5. The van der Waals surface area contributed by atoms with Crippen LogP contribution in [-0.2, 0) is 13.1 Å². The van der Waals surface area contributed by atoms with Gasteiger partial charge >= 0.3 is 0 Å². The molecule has 5 nitrogen and oxygen atoms in total. The smallest absolute Gasteiger partial charge is 0.224 e. The van der Waals surface area contributed by atoms with E-state index in [4.69, 9.17) is 11.6 Å². The largest absolute Gasteiger partial charge is 0.366 e. The number of halogens is 1. The molecule has 0 fully saturated rings. The first-order valence-corrected chi connectivity index (χ1v) is 7.62. The van der Waals surface area contributed by atoms with E-state index in [0.29, 0.717) is 19.0 Å². The van der Waals surface area contributed by atoms with Crippen LogP contribution in [0.2, 0.25) is 5.02 Å². The molecule has 6 heteroatoms. The molecule has 0 saturated carbocycles. The Morgan fingerprint density at radius 1 is 0.913 bits per heavy atom. The van der Waals surface area contributed by atoms with Crippen LogP contribution in [0.1, 0.15) is 11.1 Å². The highest BCUT2D eigenvalue weighted by atomic mass is 35.5. The van der Waals surface area contributed by atoms with E-state index in [1.165, 1.54) is 0 Å². The topological polar surface area (TPSA) is 62.7 Å². The van der Waals surface area contributed by atoms with E-state index in [0.717, 1.165) is 22.0 Å². The highest BCUT2D eigenvalue weighted by Gasteiger charge is 2.02. The predicted molar refractivity (Wildman–Crippen MR) is 92.4 cm³/mol. The summed E-state index contributed by atoms with van der Waals surface area (Å²) in [4.78, 5) is 12.7. The minimum atomic E-state index is 0.557. The van der Waals surface area contributed by atoms with Crippen LogP contribution in [0.3, 0.4) is 0 Å². The minimum absolute atomic E-state index is 0.557. The highest BCUT2D eigenvalue weighted by Crippen LogP contribution is 2.16. The summed E-state index contributed by atoms with van der Waals surface area (Å²) in [5.41, 5.74) is 2.10. The normalized spacial score (nSPS) is 10.3. The second-order valence-electron chi connectivity index (χ2n) is 4.93. The molecule has 0 unspecified atom stereocenters. The average molecular weight is 326 g/mol. The zero-order valence-corrected chi connectivity index (χ0v) is 13.2. The summed E-state index contributed by atoms with van der Waals surface area (Å²) in [5, 5.41) is 7.16. The Morgan fingerprint density at radius 2 is 1.83 bits per heavy atom. The van der Waals surface area contributed by atoms with Crippen molar-refractivity contribution in [1.29, 1.82) is 0 Å². The summed E-state index contributed by atoms with van der Waals surface area (Å²) in [5.74, 6) is 1.31. The van der Waals surface area contributed by atoms with E-state index in [-0.39, 0.29) is 0 Å². The van der Waals surface area contributed by atoms with Gasteiger partial charge in [-0.2, -0.15) is 4.98 Å². The van der Waals surface area contributed by atoms with Gasteiger partial charge in [0, 0.05) is 36.7 Å². The first kappa shape index (κ1) is 15.2. The zero-order chi connectivity index (χ0) is 15.9. The van der Waals surface area contributed by atoms with Crippen molar-refractivity contribution in [3.05, 3.63) is 77.2 Å². The molecule has 3 rings (SSSR count). The summed E-state index contributed by atoms with van der Waals surface area (Å²) in [7, 11) is 0. The van der Waals surface area contributed by atoms with E-state index in [1.807, 2.05) is 48.7 Å². The lowest BCUT2D eigenvalue weighted by atomic mass is 10.2. The van der Waals surface area contributed by atoms with E-state index < -0.39 is 0 Å². The molecule has 0 spiro atoms. The van der Waals surface area contributed by atoms with Gasteiger partial charge in [0.05, 0.1) is 0 Å². The lowest BCUT2D eigenvalue weighted by Gasteiger charge is -2.09. The maximum atomic E-state index is 6.14. The Balaban J connectivity index is 1.60. The summed E-state index contributed by atoms with van der Waals surface area (Å²) in [6.45, 7) is 1.24. The van der Waals surface area contributed by atoms with Gasteiger partial charge in [-0.05, 0) is 29.3 Å². The Bertz CT molecular complexity index is 764. The average Bonchev–Trinajstić information content (AvgIpc) is 2.61. The van der Waals surface area contributed by atoms with Crippen molar-refractivity contribution in [2.45, 2.75) is 13.1 Å². The van der Waals surface area contributed by atoms with Gasteiger partial charge in [-0.3, -0.25) is 4.98 Å². The van der Waals surface area contributed by atoms with Gasteiger partial charge in [0.15, 0.2) is 0 Å². The van der Waals surface area contributed by atoms with Gasteiger partial charge in [-0.1, -0.05) is 35.9 Å². The van der Waals surface area contributed by atoms with Crippen LogP contribution >= 0.6 is 11.6 Å². The van der Waals surface area contributed by atoms with Gasteiger partial charge in [0.1, 0.15) is 5.82 Å². The molecule has 0 bridgehead atoms. The quantitative estimate of drug-likeness (QED) is 0.722. The number of nitrogens with one attached hydrogen (secondary N) is 2. The Hall–Kier alpha value is -2.66. The Labute approximate surface area is 139 Å². The number of pyridine rings is 1. The Morgan fingerprint density at radius 3 is 2.65 bits per heavy atom. The van der Waals surface area contributed by atoms with E-state index in [1.54, 1.807) is 12.4 Å². The summed E-state index contributed by atoms with van der Waals surface area (Å²) < 4.78 is 0. The van der Waals surface area contributed by atoms with Gasteiger partial charge < -0.3 is 10.6 Å². The molecule has 3 aromatic rings. The molecule has 2 N–H and O–H groups in total. The summed E-state index contributed by atoms with van der Waals surface area (Å²) in [6.07, 6.45) is 5.29. The third-order valence-electron chi connectivity index (χ3n) is 3.25. The maximum Gasteiger partial charge on any atom is 0.224 e. The van der Waals surface area contributed by atoms with Crippen LogP contribution in [0.4, 0.5) is 11.8 Å². The predicted octanol–water partition coefficient (Wildman–Crippen LogP) is 3.75. The molecule has 0 aliphatic carbocycles. The molecule has 116 valence electrons. The molecule has 23 heavy (non-hydrogen) atoms. The fourth-order valence-corrected chi connectivity index (χ4v) is 2.26. The molecule has 1 aromatic carbocycles. The highest BCUT2D eigenvalue weighted by molar-refractivity contribution is 6.31. The molecule has 2 aromatic heterocycles. The Kier molecular flexibility index (Phi) is 5.01. The van der Waals surface area contributed by atoms with E-state index in [2.05, 4.69) is 25.6 Å². The second kappa shape index (κ2) is 7.56. The van der Waals surface area contributed by atoms with Crippen molar-refractivity contribution in [3.8, 4) is 0 Å². The second-order valence-corrected chi connectivity index (χ2v) is 5.33. The first-order valence-electron chi connectivity index (χ1n) is 7.24. The summed E-state index contributed by atoms with van der Waals surface area (Å²) >= 11 is 6.14. The van der Waals surface area contributed by atoms with E-state index >= 15 is 0 Å². The van der Waals surface area contributed by atoms with Crippen molar-refractivity contribution < 1.29 is 0 Å². The molecular weight excluding hydrogens is 310 g/mol. The number of aromatic nitrogens is 3. The number of rotatable bonds is 6. The lowest BCUT2D eigenvalue weighted by Crippen LogP contribution is -2.07. The third-order valence-corrected chi connectivity index (χ3v) is 3.62. The van der Waals surface area contributed by atoms with Crippen LogP contribution in [-0.4, -0.2) is 15.0 Å². The number of benzene rings is 1. The lowest BCUT2D eigenvalue weighted by molar-refractivity contribution is 1.03. The molecule has 0 aliphatic rings. The van der Waals surface area contributed by atoms with Crippen molar-refractivity contribution in [2.24, 2.45) is 0 Å². The fourth-order valence-electron chi connectivity index (χ4n) is 2.05. The van der Waals surface area contributed by atoms with Gasteiger partial charge in [0.25, 0.3) is 0 Å². The summed E-state index contributed by atoms with van der Waals surface area (Å²) in [6, 6.07) is 13.5. The maximum absolute atomic E-state index is 6.14. The van der Waals surface area contributed by atoms with Crippen molar-refractivity contribution in [2.75, 3.05) is 10.6 Å². The molecule has 0 atom stereocenters. The van der Waals surface area contributed by atoms with Crippen LogP contribution in [0.15, 0.2) is 61.1 Å². The molecule has 0 aliphatic heterocycles. The molecule has 0 radical (unpaired) electrons. The number of hydrogen-bond acceptors (Lipinski definition) is 5. The first-order chi connectivity index (χ1) is 11.3. The van der Waals surface area contributed by atoms with Gasteiger partial charge in [-0.15, -0.1) is 0 Å². The van der Waals surface area contributed by atoms with Crippen molar-refractivity contribution >= 4 is 23.4 Å². The van der Waals surface area contributed by atoms with Crippen molar-refractivity contribution in [3.63, 3.8) is 0 Å². The van der Waals surface area contributed by atoms with Crippen LogP contribution in [0, 0.1) is 0 Å². The van der Waals surface area contributed by atoms with Crippen molar-refractivity contribution in [1.82, 2.24) is 15.0 Å². The number of nitrogens with zero attached hydrogens (tertiary/aromatic N) is 3. The molecule has 0 amide bonds. The monoisotopic (exact) mass is 325 g/mol. The van der Waals surface area contributed by atoms with Crippen LogP contribution < -0.4 is 10.6 Å². The third kappa shape index (κ3) is 4.40. The molecule has 2 heterocycles. The number of hydrogen-bond donors (Lipinski definition) is 2. The zero-order valence-electron chi connectivity index (χ0n) is 12.4. The SMILES string of the molecule is Clc1ccccc1CNc1nccc(NCc2cccnc2)n1. The van der Waals surface area contributed by atoms with Crippen LogP contribution in [0.25, 0.3) is 0 Å².